The van der Waals surface area contributed by atoms with E-state index in [9.17, 15) is 9.18 Å². The number of aryl methyl sites for hydroxylation is 4. The van der Waals surface area contributed by atoms with Crippen LogP contribution >= 0.6 is 11.3 Å². The second-order valence-electron chi connectivity index (χ2n) is 7.37. The van der Waals surface area contributed by atoms with E-state index in [1.54, 1.807) is 6.07 Å². The average Bonchev–Trinajstić information content (AvgIpc) is 3.19. The number of carbonyl (C=O) groups is 1. The van der Waals surface area contributed by atoms with E-state index < -0.39 is 0 Å². The van der Waals surface area contributed by atoms with Crippen LogP contribution in [0.1, 0.15) is 27.5 Å². The molecule has 154 valence electrons. The van der Waals surface area contributed by atoms with Gasteiger partial charge in [0.05, 0.1) is 23.1 Å². The average molecular weight is 424 g/mol. The fourth-order valence-corrected chi connectivity index (χ4v) is 4.51. The van der Waals surface area contributed by atoms with Crippen molar-refractivity contribution in [3.05, 3.63) is 69.7 Å². The zero-order valence-corrected chi connectivity index (χ0v) is 18.1. The Morgan fingerprint density at radius 1 is 1.13 bits per heavy atom. The first-order chi connectivity index (χ1) is 14.3. The highest BCUT2D eigenvalue weighted by Crippen LogP contribution is 2.31. The molecule has 0 saturated heterocycles. The summed E-state index contributed by atoms with van der Waals surface area (Å²) in [7, 11) is 1.98. The van der Waals surface area contributed by atoms with Crippen LogP contribution in [-0.2, 0) is 29.6 Å². The van der Waals surface area contributed by atoms with Gasteiger partial charge in [-0.3, -0.25) is 4.79 Å². The molecule has 5 nitrogen and oxygen atoms in total. The van der Waals surface area contributed by atoms with Gasteiger partial charge < -0.3 is 9.30 Å². The van der Waals surface area contributed by atoms with Crippen LogP contribution in [0.15, 0.2) is 36.4 Å². The maximum absolute atomic E-state index is 13.4. The van der Waals surface area contributed by atoms with Crippen LogP contribution in [0.4, 0.5) is 4.39 Å². The summed E-state index contributed by atoms with van der Waals surface area (Å²) in [6.45, 7) is 5.88. The van der Waals surface area contributed by atoms with E-state index in [0.717, 1.165) is 49.1 Å². The number of carbonyl (C=O) groups excluding carboxylic acids is 1. The number of benzene rings is 2. The summed E-state index contributed by atoms with van der Waals surface area (Å²) in [6.07, 6.45) is 0.161. The summed E-state index contributed by atoms with van der Waals surface area (Å²) in [6, 6.07) is 10.5. The molecule has 2 aromatic carbocycles. The van der Waals surface area contributed by atoms with Crippen LogP contribution in [0.25, 0.3) is 21.6 Å². The van der Waals surface area contributed by atoms with Crippen molar-refractivity contribution < 1.29 is 13.9 Å². The standard InChI is InChI=1S/C23H22FN3O2S/c1-13-9-17(24)6-7-18(13)23-25-14(2)21(30-23)11-22(28)29-12-16-5-8-20-19(10-16)26-15(3)27(20)4/h5-10H,11-12H2,1-4H3. The Morgan fingerprint density at radius 3 is 2.70 bits per heavy atom. The quantitative estimate of drug-likeness (QED) is 0.422. The third kappa shape index (κ3) is 3.98. The molecule has 0 aliphatic rings. The molecule has 30 heavy (non-hydrogen) atoms. The minimum absolute atomic E-state index is 0.161. The molecular formula is C23H22FN3O2S. The zero-order chi connectivity index (χ0) is 21.4. The van der Waals surface area contributed by atoms with Crippen LogP contribution in [0, 0.1) is 26.6 Å². The minimum atomic E-state index is -0.304. The molecule has 0 unspecified atom stereocenters. The summed E-state index contributed by atoms with van der Waals surface area (Å²) >= 11 is 1.44. The van der Waals surface area contributed by atoms with Crippen molar-refractivity contribution in [2.75, 3.05) is 0 Å². The SMILES string of the molecule is Cc1cc(F)ccc1-c1nc(C)c(CC(=O)OCc2ccc3c(c2)nc(C)n3C)s1. The maximum atomic E-state index is 13.4. The number of hydrogen-bond donors (Lipinski definition) is 0. The van der Waals surface area contributed by atoms with Crippen LogP contribution in [0.3, 0.4) is 0 Å². The van der Waals surface area contributed by atoms with E-state index in [0.29, 0.717) is 0 Å². The van der Waals surface area contributed by atoms with E-state index >= 15 is 0 Å². The number of fused-ring (bicyclic) bond motifs is 1. The van der Waals surface area contributed by atoms with Crippen molar-refractivity contribution >= 4 is 28.3 Å². The molecule has 0 amide bonds. The molecule has 0 atom stereocenters. The van der Waals surface area contributed by atoms with Gasteiger partial charge in [0, 0.05) is 17.5 Å². The van der Waals surface area contributed by atoms with Crippen molar-refractivity contribution in [2.45, 2.75) is 33.8 Å². The van der Waals surface area contributed by atoms with E-state index in [1.165, 1.54) is 23.5 Å². The van der Waals surface area contributed by atoms with Crippen molar-refractivity contribution in [2.24, 2.45) is 7.05 Å². The van der Waals surface area contributed by atoms with Gasteiger partial charge in [0.2, 0.25) is 0 Å². The highest BCUT2D eigenvalue weighted by molar-refractivity contribution is 7.15. The minimum Gasteiger partial charge on any atom is -0.461 e. The molecular weight excluding hydrogens is 401 g/mol. The number of ether oxygens (including phenoxy) is 1. The zero-order valence-electron chi connectivity index (χ0n) is 17.3. The van der Waals surface area contributed by atoms with Gasteiger partial charge in [0.1, 0.15) is 23.3 Å². The highest BCUT2D eigenvalue weighted by Gasteiger charge is 2.16. The molecule has 0 aliphatic heterocycles. The predicted octanol–water partition coefficient (Wildman–Crippen LogP) is 5.05. The van der Waals surface area contributed by atoms with E-state index in [2.05, 4.69) is 9.97 Å². The van der Waals surface area contributed by atoms with Gasteiger partial charge in [-0.1, -0.05) is 6.07 Å². The van der Waals surface area contributed by atoms with Gasteiger partial charge in [-0.25, -0.2) is 14.4 Å². The second kappa shape index (κ2) is 7.99. The molecule has 2 aromatic heterocycles. The van der Waals surface area contributed by atoms with Crippen molar-refractivity contribution in [1.82, 2.24) is 14.5 Å². The van der Waals surface area contributed by atoms with Crippen molar-refractivity contribution in [1.29, 1.82) is 0 Å². The first-order valence-electron chi connectivity index (χ1n) is 9.62. The Balaban J connectivity index is 1.43. The Bertz CT molecular complexity index is 1260. The molecule has 0 radical (unpaired) electrons. The topological polar surface area (TPSA) is 57.0 Å². The Kier molecular flexibility index (Phi) is 5.39. The van der Waals surface area contributed by atoms with Crippen molar-refractivity contribution in [3.63, 3.8) is 0 Å². The number of thiazole rings is 1. The largest absolute Gasteiger partial charge is 0.461 e. The normalized spacial score (nSPS) is 11.2. The maximum Gasteiger partial charge on any atom is 0.311 e. The van der Waals surface area contributed by atoms with E-state index in [1.807, 2.05) is 50.6 Å². The van der Waals surface area contributed by atoms with Gasteiger partial charge >= 0.3 is 5.97 Å². The summed E-state index contributed by atoms with van der Waals surface area (Å²) < 4.78 is 20.9. The molecule has 0 N–H and O–H groups in total. The van der Waals surface area contributed by atoms with Gasteiger partial charge in [0.25, 0.3) is 0 Å². The lowest BCUT2D eigenvalue weighted by atomic mass is 10.1. The smallest absolute Gasteiger partial charge is 0.311 e. The Labute approximate surface area is 178 Å². The van der Waals surface area contributed by atoms with Gasteiger partial charge in [-0.2, -0.15) is 0 Å². The lowest BCUT2D eigenvalue weighted by Gasteiger charge is -2.05. The summed E-state index contributed by atoms with van der Waals surface area (Å²) in [5.74, 6) is 0.362. The highest BCUT2D eigenvalue weighted by atomic mass is 32.1. The Hall–Kier alpha value is -3.06. The summed E-state index contributed by atoms with van der Waals surface area (Å²) in [5, 5.41) is 0.781. The van der Waals surface area contributed by atoms with Gasteiger partial charge in [-0.15, -0.1) is 11.3 Å². The monoisotopic (exact) mass is 423 g/mol. The number of aromatic nitrogens is 3. The lowest BCUT2D eigenvalue weighted by Crippen LogP contribution is -2.07. The number of imidazole rings is 1. The second-order valence-corrected chi connectivity index (χ2v) is 8.45. The molecule has 2 heterocycles. The van der Waals surface area contributed by atoms with Crippen LogP contribution < -0.4 is 0 Å². The molecule has 7 heteroatoms. The Morgan fingerprint density at radius 2 is 1.93 bits per heavy atom. The van der Waals surface area contributed by atoms with Crippen LogP contribution in [-0.4, -0.2) is 20.5 Å². The van der Waals surface area contributed by atoms with Crippen LogP contribution in [0.5, 0.6) is 0 Å². The van der Waals surface area contributed by atoms with E-state index in [4.69, 9.17) is 4.74 Å². The first-order valence-corrected chi connectivity index (χ1v) is 10.4. The number of nitrogens with zero attached hydrogens (tertiary/aromatic N) is 3. The third-order valence-corrected chi connectivity index (χ3v) is 6.38. The number of halogens is 1. The molecule has 0 fully saturated rings. The summed E-state index contributed by atoms with van der Waals surface area (Å²) in [5.41, 5.74) is 5.33. The summed E-state index contributed by atoms with van der Waals surface area (Å²) in [4.78, 5) is 22.3. The number of hydrogen-bond acceptors (Lipinski definition) is 5. The lowest BCUT2D eigenvalue weighted by molar-refractivity contribution is -0.144. The molecule has 0 spiro atoms. The first kappa shape index (κ1) is 20.2. The van der Waals surface area contributed by atoms with Gasteiger partial charge in [0.15, 0.2) is 0 Å². The fourth-order valence-electron chi connectivity index (χ4n) is 3.38. The molecule has 4 aromatic rings. The number of esters is 1. The molecule has 0 aliphatic carbocycles. The fraction of sp³-hybridized carbons (Fsp3) is 0.261. The number of rotatable bonds is 5. The molecule has 0 bridgehead atoms. The third-order valence-electron chi connectivity index (χ3n) is 5.19. The van der Waals surface area contributed by atoms with Crippen LogP contribution in [0.2, 0.25) is 0 Å². The van der Waals surface area contributed by atoms with Gasteiger partial charge in [-0.05, 0) is 62.2 Å². The van der Waals surface area contributed by atoms with E-state index in [-0.39, 0.29) is 24.8 Å². The predicted molar refractivity (Wildman–Crippen MR) is 116 cm³/mol. The molecule has 0 saturated carbocycles. The molecule has 4 rings (SSSR count). The van der Waals surface area contributed by atoms with Crippen molar-refractivity contribution in [3.8, 4) is 10.6 Å².